The second kappa shape index (κ2) is 6.37. The zero-order chi connectivity index (χ0) is 14.5. The van der Waals surface area contributed by atoms with Gasteiger partial charge >= 0.3 is 124 Å². The van der Waals surface area contributed by atoms with Crippen LogP contribution in [0.3, 0.4) is 0 Å². The molecule has 2 N–H and O–H groups in total. The Morgan fingerprint density at radius 2 is 2.00 bits per heavy atom. The van der Waals surface area contributed by atoms with Crippen molar-refractivity contribution in [1.29, 1.82) is 0 Å². The number of hydrogen-bond acceptors (Lipinski definition) is 2. The Hall–Kier alpha value is -2.10. The molecular formula is C15H14N2O2Se. The van der Waals surface area contributed by atoms with Gasteiger partial charge in [0, 0.05) is 0 Å². The van der Waals surface area contributed by atoms with Crippen LogP contribution in [0.4, 0.5) is 0 Å². The van der Waals surface area contributed by atoms with Gasteiger partial charge in [-0.15, -0.1) is 0 Å². The minimum absolute atomic E-state index is 0.468. The average Bonchev–Trinajstić information content (AvgIpc) is 2.46. The fourth-order valence-electron chi connectivity index (χ4n) is 1.76. The molecule has 0 atom stereocenters. The summed E-state index contributed by atoms with van der Waals surface area (Å²) in [5, 5.41) is 0. The van der Waals surface area contributed by atoms with E-state index in [-0.39, 0.29) is 0 Å². The second-order valence-corrected chi connectivity index (χ2v) is 4.88. The number of primary amides is 1. The molecule has 2 rings (SSSR count). The summed E-state index contributed by atoms with van der Waals surface area (Å²) in [6, 6.07) is 11.5. The van der Waals surface area contributed by atoms with Crippen LogP contribution in [0.1, 0.15) is 5.56 Å². The standard InChI is InChI=1S/C15H14N2O2Se/c1-19-13-7-5-12(6-8-13)17-10-2-3-11(15(17)20)4-9-14(16)18/h2-10H,1H3,(H2,16,18)/b9-4-. The molecule has 1 aromatic carbocycles. The molecule has 0 aliphatic carbocycles. The fraction of sp³-hybridized carbons (Fsp3) is 0.0667. The summed E-state index contributed by atoms with van der Waals surface area (Å²) >= 11 is 3.02. The second-order valence-electron chi connectivity index (χ2n) is 4.07. The van der Waals surface area contributed by atoms with Gasteiger partial charge in [-0.25, -0.2) is 0 Å². The number of ether oxygens (including phenoxy) is 1. The van der Waals surface area contributed by atoms with Crippen LogP contribution < -0.4 is 10.5 Å². The van der Waals surface area contributed by atoms with Crippen molar-refractivity contribution in [1.82, 2.24) is 4.57 Å². The fourth-order valence-corrected chi connectivity index (χ4v) is 2.39. The molecule has 0 saturated heterocycles. The van der Waals surface area contributed by atoms with Crippen LogP contribution in [0, 0.1) is 4.19 Å². The summed E-state index contributed by atoms with van der Waals surface area (Å²) in [7, 11) is 1.64. The summed E-state index contributed by atoms with van der Waals surface area (Å²) in [6.45, 7) is 0. The summed E-state index contributed by atoms with van der Waals surface area (Å²) < 4.78 is 8.03. The molecule has 1 aromatic heterocycles. The number of carbonyl (C=O) groups excluding carboxylic acids is 1. The van der Waals surface area contributed by atoms with E-state index >= 15 is 0 Å². The maximum absolute atomic E-state index is 10.8. The molecular weight excluding hydrogens is 319 g/mol. The van der Waals surface area contributed by atoms with Crippen molar-refractivity contribution in [3.63, 3.8) is 0 Å². The summed E-state index contributed by atoms with van der Waals surface area (Å²) in [6.07, 6.45) is 4.97. The topological polar surface area (TPSA) is 57.2 Å². The predicted octanol–water partition coefficient (Wildman–Crippen LogP) is 1.68. The molecule has 0 saturated carbocycles. The van der Waals surface area contributed by atoms with Crippen molar-refractivity contribution in [3.05, 3.63) is 58.4 Å². The molecule has 0 spiro atoms. The van der Waals surface area contributed by atoms with Gasteiger partial charge in [0.05, 0.1) is 0 Å². The molecule has 0 aliphatic rings. The van der Waals surface area contributed by atoms with Crippen LogP contribution in [0.25, 0.3) is 11.8 Å². The van der Waals surface area contributed by atoms with Gasteiger partial charge in [0.2, 0.25) is 0 Å². The van der Waals surface area contributed by atoms with Crippen LogP contribution >= 0.6 is 0 Å². The van der Waals surface area contributed by atoms with Crippen molar-refractivity contribution in [3.8, 4) is 11.4 Å². The molecule has 0 radical (unpaired) electrons. The molecule has 102 valence electrons. The Bertz CT molecular complexity index is 703. The number of benzene rings is 1. The van der Waals surface area contributed by atoms with E-state index in [1.165, 1.54) is 6.08 Å². The Kier molecular flexibility index (Phi) is 4.56. The van der Waals surface area contributed by atoms with E-state index in [1.54, 1.807) is 13.2 Å². The van der Waals surface area contributed by atoms with Crippen molar-refractivity contribution >= 4 is 27.6 Å². The van der Waals surface area contributed by atoms with Gasteiger partial charge in [-0.1, -0.05) is 0 Å². The molecule has 2 aromatic rings. The Labute approximate surface area is 124 Å². The number of nitrogens with two attached hydrogens (primary N) is 1. The van der Waals surface area contributed by atoms with E-state index in [0.29, 0.717) is 0 Å². The van der Waals surface area contributed by atoms with E-state index in [1.807, 2.05) is 47.2 Å². The summed E-state index contributed by atoms with van der Waals surface area (Å²) in [5.41, 5.74) is 7.00. The van der Waals surface area contributed by atoms with Crippen LogP contribution in [-0.2, 0) is 4.79 Å². The van der Waals surface area contributed by atoms with E-state index in [9.17, 15) is 4.79 Å². The number of aromatic nitrogens is 1. The first-order valence-corrected chi connectivity index (χ1v) is 6.81. The first-order chi connectivity index (χ1) is 9.61. The van der Waals surface area contributed by atoms with Gasteiger partial charge in [-0.05, 0) is 0 Å². The van der Waals surface area contributed by atoms with E-state index in [4.69, 9.17) is 10.5 Å². The first-order valence-electron chi connectivity index (χ1n) is 5.95. The average molecular weight is 333 g/mol. The van der Waals surface area contributed by atoms with Crippen molar-refractivity contribution in [2.75, 3.05) is 7.11 Å². The Morgan fingerprint density at radius 3 is 2.60 bits per heavy atom. The zero-order valence-corrected chi connectivity index (χ0v) is 12.7. The predicted molar refractivity (Wildman–Crippen MR) is 79.5 cm³/mol. The van der Waals surface area contributed by atoms with Gasteiger partial charge in [-0.3, -0.25) is 0 Å². The van der Waals surface area contributed by atoms with E-state index in [0.717, 1.165) is 21.2 Å². The van der Waals surface area contributed by atoms with Gasteiger partial charge < -0.3 is 0 Å². The zero-order valence-electron chi connectivity index (χ0n) is 10.9. The number of hydrogen-bond donors (Lipinski definition) is 1. The van der Waals surface area contributed by atoms with Crippen LogP contribution in [0.15, 0.2) is 48.7 Å². The third-order valence-corrected chi connectivity index (χ3v) is 3.66. The Balaban J connectivity index is 2.44. The van der Waals surface area contributed by atoms with Gasteiger partial charge in [0.1, 0.15) is 0 Å². The van der Waals surface area contributed by atoms with Crippen LogP contribution in [0.2, 0.25) is 0 Å². The third kappa shape index (κ3) is 3.26. The number of carbonyl (C=O) groups is 1. The Morgan fingerprint density at radius 1 is 1.30 bits per heavy atom. The van der Waals surface area contributed by atoms with Gasteiger partial charge in [0.25, 0.3) is 0 Å². The quantitative estimate of drug-likeness (QED) is 0.684. The molecule has 4 nitrogen and oxygen atoms in total. The summed E-state index contributed by atoms with van der Waals surface area (Å²) in [5.74, 6) is 0.338. The van der Waals surface area contributed by atoms with Gasteiger partial charge in [-0.2, -0.15) is 0 Å². The first kappa shape index (κ1) is 14.3. The van der Waals surface area contributed by atoms with E-state index < -0.39 is 5.91 Å². The number of amides is 1. The number of pyridine rings is 1. The molecule has 0 unspecified atom stereocenters. The van der Waals surface area contributed by atoms with Crippen LogP contribution in [-0.4, -0.2) is 33.2 Å². The SMILES string of the molecule is COc1ccc(-n2cccc(/C=C\C(N)=O)c2=[Se])cc1. The minimum atomic E-state index is -0.468. The number of methoxy groups -OCH3 is 1. The van der Waals surface area contributed by atoms with Crippen LogP contribution in [0.5, 0.6) is 5.75 Å². The molecule has 0 bridgehead atoms. The molecule has 0 aliphatic heterocycles. The molecule has 5 heteroatoms. The van der Waals surface area contributed by atoms with E-state index in [2.05, 4.69) is 15.6 Å². The van der Waals surface area contributed by atoms with Crippen molar-refractivity contribution < 1.29 is 9.53 Å². The monoisotopic (exact) mass is 334 g/mol. The third-order valence-electron chi connectivity index (χ3n) is 2.75. The van der Waals surface area contributed by atoms with Crippen molar-refractivity contribution in [2.24, 2.45) is 5.73 Å². The molecule has 1 heterocycles. The number of rotatable bonds is 4. The summed E-state index contributed by atoms with van der Waals surface area (Å²) in [4.78, 5) is 10.8. The molecule has 1 amide bonds. The number of nitrogens with zero attached hydrogens (tertiary/aromatic N) is 1. The normalized spacial score (nSPS) is 10.7. The molecule has 0 fully saturated rings. The molecule has 20 heavy (non-hydrogen) atoms. The van der Waals surface area contributed by atoms with Crippen molar-refractivity contribution in [2.45, 2.75) is 0 Å². The van der Waals surface area contributed by atoms with Gasteiger partial charge in [0.15, 0.2) is 0 Å². The maximum atomic E-state index is 10.8.